The molecule has 1 fully saturated rings. The Morgan fingerprint density at radius 3 is 2.59 bits per heavy atom. The van der Waals surface area contributed by atoms with Gasteiger partial charge in [-0.1, -0.05) is 40.2 Å². The molecule has 6 nitrogen and oxygen atoms in total. The second kappa shape index (κ2) is 8.57. The second-order valence-electron chi connectivity index (χ2n) is 8.39. The molecule has 0 atom stereocenters. The van der Waals surface area contributed by atoms with Gasteiger partial charge >= 0.3 is 0 Å². The van der Waals surface area contributed by atoms with Crippen molar-refractivity contribution in [2.45, 2.75) is 12.8 Å². The maximum absolute atomic E-state index is 13.4. The Morgan fingerprint density at radius 2 is 1.76 bits per heavy atom. The number of benzene rings is 3. The topological polar surface area (TPSA) is 63.6 Å². The Hall–Kier alpha value is -3.71. The normalized spacial score (nSPS) is 14.1. The molecule has 0 radical (unpaired) electrons. The van der Waals surface area contributed by atoms with Crippen molar-refractivity contribution in [3.05, 3.63) is 93.2 Å². The van der Waals surface area contributed by atoms with E-state index < -0.39 is 0 Å². The van der Waals surface area contributed by atoms with Crippen molar-refractivity contribution in [1.82, 2.24) is 9.66 Å². The summed E-state index contributed by atoms with van der Waals surface area (Å²) >= 11 is 3.49. The fourth-order valence-electron chi connectivity index (χ4n) is 4.39. The van der Waals surface area contributed by atoms with Crippen LogP contribution in [-0.4, -0.2) is 29.0 Å². The van der Waals surface area contributed by atoms with Crippen molar-refractivity contribution in [2.75, 3.05) is 18.0 Å². The summed E-state index contributed by atoms with van der Waals surface area (Å²) in [5.41, 5.74) is 3.20. The smallest absolute Gasteiger partial charge is 0.282 e. The summed E-state index contributed by atoms with van der Waals surface area (Å²) < 4.78 is 8.33. The predicted molar refractivity (Wildman–Crippen MR) is 140 cm³/mol. The van der Waals surface area contributed by atoms with Gasteiger partial charge in [-0.25, -0.2) is 4.98 Å². The van der Waals surface area contributed by atoms with Gasteiger partial charge in [0.05, 0.1) is 17.1 Å². The molecule has 1 saturated heterocycles. The Labute approximate surface area is 204 Å². The molecule has 0 aliphatic carbocycles. The highest BCUT2D eigenvalue weighted by atomic mass is 79.9. The van der Waals surface area contributed by atoms with Crippen LogP contribution < -0.4 is 10.5 Å². The van der Waals surface area contributed by atoms with Gasteiger partial charge in [-0.15, -0.1) is 0 Å². The SMILES string of the molecule is O=c1c2ccccc2nc(-c2cc3cc(Br)ccc3o2)n1N=Cc1ccc(N2CCCC2)cc1. The molecule has 0 saturated carbocycles. The van der Waals surface area contributed by atoms with Gasteiger partial charge in [0.1, 0.15) is 5.58 Å². The number of hydrogen-bond acceptors (Lipinski definition) is 5. The van der Waals surface area contributed by atoms with E-state index in [0.717, 1.165) is 28.5 Å². The molecule has 34 heavy (non-hydrogen) atoms. The van der Waals surface area contributed by atoms with Crippen LogP contribution in [0.3, 0.4) is 0 Å². The van der Waals surface area contributed by atoms with E-state index >= 15 is 0 Å². The van der Waals surface area contributed by atoms with E-state index in [2.05, 4.69) is 38.1 Å². The zero-order valence-electron chi connectivity index (χ0n) is 18.3. The van der Waals surface area contributed by atoms with Gasteiger partial charge in [-0.05, 0) is 66.9 Å². The van der Waals surface area contributed by atoms with E-state index in [9.17, 15) is 4.79 Å². The van der Waals surface area contributed by atoms with Crippen LogP contribution in [0, 0.1) is 0 Å². The highest BCUT2D eigenvalue weighted by Crippen LogP contribution is 2.29. The molecule has 1 aliphatic heterocycles. The summed E-state index contributed by atoms with van der Waals surface area (Å²) in [5.74, 6) is 0.846. The van der Waals surface area contributed by atoms with Gasteiger partial charge in [-0.2, -0.15) is 9.78 Å². The first-order valence-electron chi connectivity index (χ1n) is 11.3. The Kier molecular flexibility index (Phi) is 5.26. The van der Waals surface area contributed by atoms with Gasteiger partial charge in [-0.3, -0.25) is 4.79 Å². The van der Waals surface area contributed by atoms with Gasteiger partial charge in [0, 0.05) is 28.6 Å². The third-order valence-electron chi connectivity index (χ3n) is 6.14. The minimum Gasteiger partial charge on any atom is -0.453 e. The van der Waals surface area contributed by atoms with E-state index in [1.807, 2.05) is 54.6 Å². The molecule has 0 N–H and O–H groups in total. The number of halogens is 1. The zero-order valence-corrected chi connectivity index (χ0v) is 19.9. The highest BCUT2D eigenvalue weighted by molar-refractivity contribution is 9.10. The Morgan fingerprint density at radius 1 is 0.971 bits per heavy atom. The summed E-state index contributed by atoms with van der Waals surface area (Å²) in [6, 6.07) is 23.2. The van der Waals surface area contributed by atoms with Gasteiger partial charge in [0.2, 0.25) is 5.82 Å². The largest absolute Gasteiger partial charge is 0.453 e. The van der Waals surface area contributed by atoms with Crippen molar-refractivity contribution in [3.63, 3.8) is 0 Å². The molecular weight excluding hydrogens is 492 g/mol. The van der Waals surface area contributed by atoms with Crippen LogP contribution in [0.5, 0.6) is 0 Å². The quantitative estimate of drug-likeness (QED) is 0.275. The second-order valence-corrected chi connectivity index (χ2v) is 9.31. The molecule has 1 aliphatic rings. The van der Waals surface area contributed by atoms with Gasteiger partial charge < -0.3 is 9.32 Å². The van der Waals surface area contributed by atoms with Crippen LogP contribution in [0.1, 0.15) is 18.4 Å². The molecule has 0 unspecified atom stereocenters. The molecule has 6 rings (SSSR count). The van der Waals surface area contributed by atoms with Crippen LogP contribution in [0.4, 0.5) is 5.69 Å². The van der Waals surface area contributed by atoms with Crippen LogP contribution in [0.2, 0.25) is 0 Å². The fraction of sp³-hybridized carbons (Fsp3) is 0.148. The summed E-state index contributed by atoms with van der Waals surface area (Å²) in [6.07, 6.45) is 4.17. The average molecular weight is 513 g/mol. The van der Waals surface area contributed by atoms with Crippen molar-refractivity contribution in [3.8, 4) is 11.6 Å². The van der Waals surface area contributed by atoms with Crippen LogP contribution in [0.15, 0.2) is 91.6 Å². The van der Waals surface area contributed by atoms with E-state index in [1.54, 1.807) is 12.3 Å². The van der Waals surface area contributed by atoms with E-state index in [1.165, 1.54) is 23.2 Å². The standard InChI is InChI=1S/C27H21BrN4O2/c28-20-9-12-24-19(15-20)16-25(34-24)26-30-23-6-2-1-5-22(23)27(33)32(26)29-17-18-7-10-21(11-8-18)31-13-3-4-14-31/h1-2,5-12,15-17H,3-4,13-14H2. The summed E-state index contributed by atoms with van der Waals surface area (Å²) in [6.45, 7) is 2.20. The molecule has 168 valence electrons. The number of nitrogens with zero attached hydrogens (tertiary/aromatic N) is 4. The van der Waals surface area contributed by atoms with E-state index in [0.29, 0.717) is 28.1 Å². The molecule has 0 bridgehead atoms. The number of rotatable bonds is 4. The maximum Gasteiger partial charge on any atom is 0.282 e. The number of furan rings is 1. The van der Waals surface area contributed by atoms with E-state index in [4.69, 9.17) is 9.40 Å². The van der Waals surface area contributed by atoms with Gasteiger partial charge in [0.25, 0.3) is 5.56 Å². The molecular formula is C27H21BrN4O2. The molecule has 5 aromatic rings. The lowest BCUT2D eigenvalue weighted by atomic mass is 10.2. The molecule has 7 heteroatoms. The van der Waals surface area contributed by atoms with E-state index in [-0.39, 0.29) is 5.56 Å². The highest BCUT2D eigenvalue weighted by Gasteiger charge is 2.17. The monoisotopic (exact) mass is 512 g/mol. The lowest BCUT2D eigenvalue weighted by Gasteiger charge is -2.17. The number of aromatic nitrogens is 2. The number of hydrogen-bond donors (Lipinski definition) is 0. The average Bonchev–Trinajstić information content (AvgIpc) is 3.54. The Balaban J connectivity index is 1.45. The van der Waals surface area contributed by atoms with Crippen LogP contribution in [0.25, 0.3) is 33.5 Å². The minimum absolute atomic E-state index is 0.243. The number of fused-ring (bicyclic) bond motifs is 2. The third kappa shape index (κ3) is 3.82. The molecule has 0 amide bonds. The molecule has 3 aromatic carbocycles. The van der Waals surface area contributed by atoms with Crippen molar-refractivity contribution >= 4 is 49.7 Å². The molecule has 2 aromatic heterocycles. The number of anilines is 1. The Bertz CT molecular complexity index is 1600. The summed E-state index contributed by atoms with van der Waals surface area (Å²) in [5, 5.41) is 5.97. The lowest BCUT2D eigenvalue weighted by Crippen LogP contribution is -2.20. The first-order valence-corrected chi connectivity index (χ1v) is 12.1. The van der Waals surface area contributed by atoms with Crippen molar-refractivity contribution < 1.29 is 4.42 Å². The van der Waals surface area contributed by atoms with Crippen molar-refractivity contribution in [2.24, 2.45) is 5.10 Å². The summed E-state index contributed by atoms with van der Waals surface area (Å²) in [4.78, 5) is 20.5. The minimum atomic E-state index is -0.243. The molecule has 0 spiro atoms. The first kappa shape index (κ1) is 20.9. The zero-order chi connectivity index (χ0) is 23.1. The summed E-state index contributed by atoms with van der Waals surface area (Å²) in [7, 11) is 0. The lowest BCUT2D eigenvalue weighted by molar-refractivity contribution is 0.616. The maximum atomic E-state index is 13.4. The molecule has 3 heterocycles. The third-order valence-corrected chi connectivity index (χ3v) is 6.63. The predicted octanol–water partition coefficient (Wildman–Crippen LogP) is 6.05. The van der Waals surface area contributed by atoms with Crippen molar-refractivity contribution in [1.29, 1.82) is 0 Å². The van der Waals surface area contributed by atoms with Gasteiger partial charge in [0.15, 0.2) is 5.76 Å². The number of para-hydroxylation sites is 1. The van der Waals surface area contributed by atoms with Crippen LogP contribution in [-0.2, 0) is 0 Å². The fourth-order valence-corrected chi connectivity index (χ4v) is 4.76. The van der Waals surface area contributed by atoms with Crippen LogP contribution >= 0.6 is 15.9 Å². The first-order chi connectivity index (χ1) is 16.7.